The Kier molecular flexibility index (Phi) is 5.28. The third-order valence-electron chi connectivity index (χ3n) is 5.94. The van der Waals surface area contributed by atoms with Crippen molar-refractivity contribution in [3.8, 4) is 28.4 Å². The maximum Gasteiger partial charge on any atom is 0.231 e. The molecule has 3 heterocycles. The summed E-state index contributed by atoms with van der Waals surface area (Å²) in [5.41, 5.74) is 5.91. The SMILES string of the molecule is COc1ccc2nc(-c3cccc(C)c3)c(-c3ccnc(NC4CCCCC4)c3)n2n1. The van der Waals surface area contributed by atoms with Gasteiger partial charge in [-0.15, -0.1) is 5.10 Å². The Labute approximate surface area is 182 Å². The van der Waals surface area contributed by atoms with Crippen LogP contribution in [0.1, 0.15) is 37.7 Å². The predicted molar refractivity (Wildman–Crippen MR) is 123 cm³/mol. The summed E-state index contributed by atoms with van der Waals surface area (Å²) in [6.07, 6.45) is 8.17. The van der Waals surface area contributed by atoms with E-state index in [1.165, 1.54) is 37.7 Å². The molecule has 1 aliphatic rings. The van der Waals surface area contributed by atoms with Crippen LogP contribution >= 0.6 is 0 Å². The summed E-state index contributed by atoms with van der Waals surface area (Å²) in [4.78, 5) is 9.51. The van der Waals surface area contributed by atoms with Crippen molar-refractivity contribution in [2.24, 2.45) is 0 Å². The Morgan fingerprint density at radius 3 is 2.68 bits per heavy atom. The number of aromatic nitrogens is 4. The van der Waals surface area contributed by atoms with Crippen molar-refractivity contribution in [3.63, 3.8) is 0 Å². The number of anilines is 1. The van der Waals surface area contributed by atoms with Gasteiger partial charge in [0.15, 0.2) is 5.65 Å². The van der Waals surface area contributed by atoms with Gasteiger partial charge < -0.3 is 10.1 Å². The first-order valence-electron chi connectivity index (χ1n) is 10.9. The molecule has 1 aliphatic carbocycles. The van der Waals surface area contributed by atoms with Gasteiger partial charge in [-0.3, -0.25) is 0 Å². The van der Waals surface area contributed by atoms with Crippen LogP contribution in [0.2, 0.25) is 0 Å². The van der Waals surface area contributed by atoms with Gasteiger partial charge in [0.2, 0.25) is 5.88 Å². The van der Waals surface area contributed by atoms with Crippen molar-refractivity contribution >= 4 is 11.5 Å². The van der Waals surface area contributed by atoms with Crippen molar-refractivity contribution in [1.82, 2.24) is 19.6 Å². The average molecular weight is 414 g/mol. The number of ether oxygens (including phenoxy) is 1. The Morgan fingerprint density at radius 1 is 1.00 bits per heavy atom. The summed E-state index contributed by atoms with van der Waals surface area (Å²) in [5.74, 6) is 1.45. The molecule has 158 valence electrons. The minimum Gasteiger partial charge on any atom is -0.480 e. The molecule has 4 aromatic rings. The predicted octanol–water partition coefficient (Wildman–Crippen LogP) is 5.52. The lowest BCUT2D eigenvalue weighted by molar-refractivity contribution is 0.390. The highest BCUT2D eigenvalue weighted by Crippen LogP contribution is 2.34. The molecular formula is C25H27N5O. The highest BCUT2D eigenvalue weighted by atomic mass is 16.5. The zero-order chi connectivity index (χ0) is 21.2. The number of nitrogens with one attached hydrogen (secondary N) is 1. The van der Waals surface area contributed by atoms with Crippen LogP contribution in [0.25, 0.3) is 28.2 Å². The molecule has 1 saturated carbocycles. The lowest BCUT2D eigenvalue weighted by Gasteiger charge is -2.23. The van der Waals surface area contributed by atoms with E-state index in [-0.39, 0.29) is 0 Å². The Bertz CT molecular complexity index is 1210. The van der Waals surface area contributed by atoms with Gasteiger partial charge in [-0.25, -0.2) is 14.5 Å². The van der Waals surface area contributed by atoms with Gasteiger partial charge in [-0.1, -0.05) is 43.0 Å². The molecule has 0 unspecified atom stereocenters. The van der Waals surface area contributed by atoms with Gasteiger partial charge in [0, 0.05) is 29.4 Å². The lowest BCUT2D eigenvalue weighted by atomic mass is 9.95. The number of hydrogen-bond donors (Lipinski definition) is 1. The summed E-state index contributed by atoms with van der Waals surface area (Å²) in [6.45, 7) is 2.10. The molecule has 31 heavy (non-hydrogen) atoms. The fraction of sp³-hybridized carbons (Fsp3) is 0.320. The van der Waals surface area contributed by atoms with Crippen LogP contribution in [-0.4, -0.2) is 32.7 Å². The molecule has 5 rings (SSSR count). The van der Waals surface area contributed by atoms with E-state index in [0.717, 1.165) is 34.0 Å². The molecule has 0 bridgehead atoms. The lowest BCUT2D eigenvalue weighted by Crippen LogP contribution is -2.22. The fourth-order valence-electron chi connectivity index (χ4n) is 4.39. The minimum absolute atomic E-state index is 0.494. The topological polar surface area (TPSA) is 64.3 Å². The average Bonchev–Trinajstić information content (AvgIpc) is 3.19. The molecule has 0 radical (unpaired) electrons. The van der Waals surface area contributed by atoms with Crippen LogP contribution in [0, 0.1) is 6.92 Å². The molecule has 0 spiro atoms. The van der Waals surface area contributed by atoms with Crippen LogP contribution < -0.4 is 10.1 Å². The molecule has 6 heteroatoms. The first kappa shape index (κ1) is 19.5. The summed E-state index contributed by atoms with van der Waals surface area (Å²) < 4.78 is 7.26. The highest BCUT2D eigenvalue weighted by Gasteiger charge is 2.19. The van der Waals surface area contributed by atoms with Crippen LogP contribution in [0.5, 0.6) is 5.88 Å². The molecule has 1 N–H and O–H groups in total. The van der Waals surface area contributed by atoms with Crippen LogP contribution in [0.3, 0.4) is 0 Å². The number of pyridine rings is 1. The third-order valence-corrected chi connectivity index (χ3v) is 5.94. The van der Waals surface area contributed by atoms with Crippen molar-refractivity contribution in [2.45, 2.75) is 45.1 Å². The Morgan fingerprint density at radius 2 is 1.87 bits per heavy atom. The van der Waals surface area contributed by atoms with Gasteiger partial charge in [0.05, 0.1) is 12.8 Å². The summed E-state index contributed by atoms with van der Waals surface area (Å²) in [7, 11) is 1.63. The third kappa shape index (κ3) is 3.98. The first-order chi connectivity index (χ1) is 15.2. The second kappa shape index (κ2) is 8.38. The molecule has 0 saturated heterocycles. The monoisotopic (exact) mass is 413 g/mol. The fourth-order valence-corrected chi connectivity index (χ4v) is 4.39. The minimum atomic E-state index is 0.494. The number of imidazole rings is 1. The van der Waals surface area contributed by atoms with E-state index < -0.39 is 0 Å². The number of nitrogens with zero attached hydrogens (tertiary/aromatic N) is 4. The number of rotatable bonds is 5. The van der Waals surface area contributed by atoms with E-state index in [2.05, 4.69) is 52.7 Å². The highest BCUT2D eigenvalue weighted by molar-refractivity contribution is 5.82. The molecular weight excluding hydrogens is 386 g/mol. The number of methoxy groups -OCH3 is 1. The second-order valence-electron chi connectivity index (χ2n) is 8.23. The van der Waals surface area contributed by atoms with Crippen LogP contribution in [0.15, 0.2) is 54.7 Å². The second-order valence-corrected chi connectivity index (χ2v) is 8.23. The van der Waals surface area contributed by atoms with Crippen LogP contribution in [0.4, 0.5) is 5.82 Å². The number of benzene rings is 1. The zero-order valence-corrected chi connectivity index (χ0v) is 18.0. The Balaban J connectivity index is 1.64. The number of aryl methyl sites for hydroxylation is 1. The number of hydrogen-bond acceptors (Lipinski definition) is 5. The van der Waals surface area contributed by atoms with Gasteiger partial charge in [0.25, 0.3) is 0 Å². The van der Waals surface area contributed by atoms with E-state index in [0.29, 0.717) is 11.9 Å². The van der Waals surface area contributed by atoms with E-state index in [4.69, 9.17) is 9.72 Å². The van der Waals surface area contributed by atoms with Gasteiger partial charge in [-0.2, -0.15) is 0 Å². The molecule has 0 aliphatic heterocycles. The van der Waals surface area contributed by atoms with E-state index >= 15 is 0 Å². The maximum absolute atomic E-state index is 5.39. The van der Waals surface area contributed by atoms with E-state index in [1.54, 1.807) is 7.11 Å². The van der Waals surface area contributed by atoms with Crippen LogP contribution in [-0.2, 0) is 0 Å². The molecule has 0 atom stereocenters. The van der Waals surface area contributed by atoms with Crippen molar-refractivity contribution in [3.05, 3.63) is 60.3 Å². The normalized spacial score (nSPS) is 14.6. The van der Waals surface area contributed by atoms with Gasteiger partial charge in [0.1, 0.15) is 11.5 Å². The van der Waals surface area contributed by atoms with Gasteiger partial charge in [-0.05, 0) is 44.0 Å². The van der Waals surface area contributed by atoms with E-state index in [9.17, 15) is 0 Å². The molecule has 1 aromatic carbocycles. The molecule has 1 fully saturated rings. The number of fused-ring (bicyclic) bond motifs is 1. The Hall–Kier alpha value is -3.41. The summed E-state index contributed by atoms with van der Waals surface area (Å²) in [5, 5.41) is 8.31. The maximum atomic E-state index is 5.39. The zero-order valence-electron chi connectivity index (χ0n) is 18.0. The smallest absolute Gasteiger partial charge is 0.231 e. The van der Waals surface area contributed by atoms with E-state index in [1.807, 2.05) is 28.9 Å². The molecule has 6 nitrogen and oxygen atoms in total. The standard InChI is InChI=1S/C25H27N5O/c1-17-7-6-8-18(15-17)24-25(30-22(28-24)11-12-23(29-30)31-2)19-13-14-26-21(16-19)27-20-9-4-3-5-10-20/h6-8,11-16,20H,3-5,9-10H2,1-2H3,(H,26,27). The van der Waals surface area contributed by atoms with Gasteiger partial charge >= 0.3 is 0 Å². The van der Waals surface area contributed by atoms with Crippen molar-refractivity contribution in [1.29, 1.82) is 0 Å². The molecule has 3 aromatic heterocycles. The first-order valence-corrected chi connectivity index (χ1v) is 10.9. The quantitative estimate of drug-likeness (QED) is 0.467. The van der Waals surface area contributed by atoms with Crippen molar-refractivity contribution < 1.29 is 4.74 Å². The summed E-state index contributed by atoms with van der Waals surface area (Å²) in [6, 6.07) is 16.8. The molecule has 0 amide bonds. The largest absolute Gasteiger partial charge is 0.480 e. The van der Waals surface area contributed by atoms with Crippen molar-refractivity contribution in [2.75, 3.05) is 12.4 Å². The summed E-state index contributed by atoms with van der Waals surface area (Å²) >= 11 is 0.